The van der Waals surface area contributed by atoms with Gasteiger partial charge in [0.25, 0.3) is 5.91 Å². The van der Waals surface area contributed by atoms with E-state index in [9.17, 15) is 9.59 Å². The van der Waals surface area contributed by atoms with Gasteiger partial charge in [0.15, 0.2) is 5.76 Å². The van der Waals surface area contributed by atoms with Gasteiger partial charge in [0.05, 0.1) is 23.7 Å². The van der Waals surface area contributed by atoms with Crippen LogP contribution in [0, 0.1) is 11.3 Å². The van der Waals surface area contributed by atoms with Crippen LogP contribution in [0.15, 0.2) is 57.7 Å². The number of para-hydroxylation sites is 1. The summed E-state index contributed by atoms with van der Waals surface area (Å²) in [7, 11) is 1.51. The molecule has 1 amide bonds. The highest BCUT2D eigenvalue weighted by Crippen LogP contribution is 2.20. The summed E-state index contributed by atoms with van der Waals surface area (Å²) >= 11 is 0. The SMILES string of the molecule is COc1ccc2c(=O)oc(C(=O)Nc3ccccc3C#N)cc2c1. The Morgan fingerprint density at radius 1 is 1.21 bits per heavy atom. The second kappa shape index (κ2) is 6.26. The quantitative estimate of drug-likeness (QED) is 0.801. The van der Waals surface area contributed by atoms with Crippen molar-refractivity contribution in [3.8, 4) is 11.8 Å². The van der Waals surface area contributed by atoms with E-state index in [1.807, 2.05) is 6.07 Å². The Kier molecular flexibility index (Phi) is 4.00. The van der Waals surface area contributed by atoms with Crippen LogP contribution in [-0.2, 0) is 0 Å². The lowest BCUT2D eigenvalue weighted by Crippen LogP contribution is -2.15. The van der Waals surface area contributed by atoms with E-state index in [2.05, 4.69) is 5.32 Å². The van der Waals surface area contributed by atoms with Crippen LogP contribution in [0.25, 0.3) is 10.8 Å². The smallest absolute Gasteiger partial charge is 0.344 e. The molecule has 2 aromatic carbocycles. The lowest BCUT2D eigenvalue weighted by molar-refractivity contribution is 0.0993. The van der Waals surface area contributed by atoms with Gasteiger partial charge in [-0.2, -0.15) is 5.26 Å². The van der Waals surface area contributed by atoms with Crippen molar-refractivity contribution in [1.29, 1.82) is 5.26 Å². The fraction of sp³-hybridized carbons (Fsp3) is 0.0556. The van der Waals surface area contributed by atoms with E-state index in [1.54, 1.807) is 42.5 Å². The first-order valence-electron chi connectivity index (χ1n) is 7.05. The molecule has 0 aliphatic heterocycles. The number of rotatable bonds is 3. The summed E-state index contributed by atoms with van der Waals surface area (Å²) in [6, 6.07) is 14.9. The van der Waals surface area contributed by atoms with Crippen molar-refractivity contribution in [1.82, 2.24) is 0 Å². The van der Waals surface area contributed by atoms with Crippen molar-refractivity contribution in [2.45, 2.75) is 0 Å². The summed E-state index contributed by atoms with van der Waals surface area (Å²) in [6.45, 7) is 0. The number of hydrogen-bond acceptors (Lipinski definition) is 5. The van der Waals surface area contributed by atoms with E-state index < -0.39 is 11.5 Å². The number of fused-ring (bicyclic) bond motifs is 1. The van der Waals surface area contributed by atoms with E-state index >= 15 is 0 Å². The van der Waals surface area contributed by atoms with Crippen LogP contribution in [0.1, 0.15) is 16.1 Å². The molecular weight excluding hydrogens is 308 g/mol. The van der Waals surface area contributed by atoms with Crippen molar-refractivity contribution in [2.75, 3.05) is 12.4 Å². The maximum atomic E-state index is 12.3. The Morgan fingerprint density at radius 3 is 2.75 bits per heavy atom. The predicted octanol–water partition coefficient (Wildman–Crippen LogP) is 2.93. The Morgan fingerprint density at radius 2 is 2.00 bits per heavy atom. The second-order valence-electron chi connectivity index (χ2n) is 4.96. The Hall–Kier alpha value is -3.59. The Labute approximate surface area is 136 Å². The lowest BCUT2D eigenvalue weighted by Gasteiger charge is -2.07. The van der Waals surface area contributed by atoms with Crippen molar-refractivity contribution in [3.63, 3.8) is 0 Å². The molecule has 0 radical (unpaired) electrons. The van der Waals surface area contributed by atoms with Gasteiger partial charge < -0.3 is 14.5 Å². The third-order valence-corrected chi connectivity index (χ3v) is 3.49. The number of nitriles is 1. The zero-order valence-electron chi connectivity index (χ0n) is 12.7. The number of ether oxygens (including phenoxy) is 1. The van der Waals surface area contributed by atoms with Gasteiger partial charge in [-0.25, -0.2) is 4.79 Å². The third-order valence-electron chi connectivity index (χ3n) is 3.49. The first kappa shape index (κ1) is 15.3. The topological polar surface area (TPSA) is 92.3 Å². The van der Waals surface area contributed by atoms with Gasteiger partial charge in [0.2, 0.25) is 0 Å². The lowest BCUT2D eigenvalue weighted by atomic mass is 10.1. The van der Waals surface area contributed by atoms with Crippen LogP contribution in [0.5, 0.6) is 5.75 Å². The minimum Gasteiger partial charge on any atom is -0.497 e. The molecule has 0 unspecified atom stereocenters. The van der Waals surface area contributed by atoms with Crippen LogP contribution >= 0.6 is 0 Å². The average molecular weight is 320 g/mol. The van der Waals surface area contributed by atoms with Crippen molar-refractivity contribution in [2.24, 2.45) is 0 Å². The molecule has 0 fully saturated rings. The molecular formula is C18H12N2O4. The molecule has 0 spiro atoms. The number of hydrogen-bond donors (Lipinski definition) is 1. The zero-order chi connectivity index (χ0) is 17.1. The Balaban J connectivity index is 2.01. The summed E-state index contributed by atoms with van der Waals surface area (Å²) in [4.78, 5) is 24.4. The molecule has 3 rings (SSSR count). The van der Waals surface area contributed by atoms with E-state index in [0.29, 0.717) is 27.8 Å². The molecule has 0 saturated carbocycles. The van der Waals surface area contributed by atoms with Crippen LogP contribution in [0.4, 0.5) is 5.69 Å². The van der Waals surface area contributed by atoms with Gasteiger partial charge in [-0.05, 0) is 41.8 Å². The molecule has 0 aliphatic carbocycles. The molecule has 0 bridgehead atoms. The van der Waals surface area contributed by atoms with Crippen molar-refractivity contribution in [3.05, 3.63) is 70.3 Å². The molecule has 0 aliphatic rings. The maximum absolute atomic E-state index is 12.3. The van der Waals surface area contributed by atoms with Gasteiger partial charge in [-0.3, -0.25) is 4.79 Å². The van der Waals surface area contributed by atoms with Crippen LogP contribution in [0.2, 0.25) is 0 Å². The summed E-state index contributed by atoms with van der Waals surface area (Å²) in [5.74, 6) is -0.192. The largest absolute Gasteiger partial charge is 0.497 e. The highest BCUT2D eigenvalue weighted by atomic mass is 16.5. The highest BCUT2D eigenvalue weighted by Gasteiger charge is 2.14. The number of methoxy groups -OCH3 is 1. The van der Waals surface area contributed by atoms with Gasteiger partial charge in [0.1, 0.15) is 11.8 Å². The van der Waals surface area contributed by atoms with Gasteiger partial charge in [0, 0.05) is 0 Å². The van der Waals surface area contributed by atoms with Crippen molar-refractivity contribution >= 4 is 22.4 Å². The summed E-state index contributed by atoms with van der Waals surface area (Å²) in [5, 5.41) is 12.5. The monoisotopic (exact) mass is 320 g/mol. The molecule has 1 aromatic heterocycles. The summed E-state index contributed by atoms with van der Waals surface area (Å²) in [5.41, 5.74) is 0.0444. The molecule has 0 atom stereocenters. The fourth-order valence-electron chi connectivity index (χ4n) is 2.28. The fourth-order valence-corrected chi connectivity index (χ4v) is 2.28. The third kappa shape index (κ3) is 2.83. The maximum Gasteiger partial charge on any atom is 0.344 e. The molecule has 118 valence electrons. The van der Waals surface area contributed by atoms with Crippen molar-refractivity contribution < 1.29 is 13.9 Å². The van der Waals surface area contributed by atoms with Crippen LogP contribution < -0.4 is 15.7 Å². The average Bonchev–Trinajstić information content (AvgIpc) is 2.61. The molecule has 0 saturated heterocycles. The number of nitrogens with one attached hydrogen (secondary N) is 1. The first-order chi connectivity index (χ1) is 11.6. The van der Waals surface area contributed by atoms with Gasteiger partial charge in [-0.15, -0.1) is 0 Å². The molecule has 1 heterocycles. The summed E-state index contributed by atoms with van der Waals surface area (Å²) in [6.07, 6.45) is 0. The second-order valence-corrected chi connectivity index (χ2v) is 4.96. The standard InChI is InChI=1S/C18H12N2O4/c1-23-13-6-7-14-12(8-13)9-16(24-18(14)22)17(21)20-15-5-3-2-4-11(15)10-19/h2-9H,1H3,(H,20,21). The predicted molar refractivity (Wildman–Crippen MR) is 88.1 cm³/mol. The number of carbonyl (C=O) groups is 1. The van der Waals surface area contributed by atoms with E-state index in [4.69, 9.17) is 14.4 Å². The molecule has 1 N–H and O–H groups in total. The first-order valence-corrected chi connectivity index (χ1v) is 7.05. The number of nitrogens with zero attached hydrogens (tertiary/aromatic N) is 1. The van der Waals surface area contributed by atoms with Crippen LogP contribution in [0.3, 0.4) is 0 Å². The molecule has 24 heavy (non-hydrogen) atoms. The highest BCUT2D eigenvalue weighted by molar-refractivity contribution is 6.04. The van der Waals surface area contributed by atoms with E-state index in [-0.39, 0.29) is 5.76 Å². The normalized spacial score (nSPS) is 10.2. The number of anilines is 1. The van der Waals surface area contributed by atoms with E-state index in [0.717, 1.165) is 0 Å². The zero-order valence-corrected chi connectivity index (χ0v) is 12.7. The minimum absolute atomic E-state index is 0.145. The summed E-state index contributed by atoms with van der Waals surface area (Å²) < 4.78 is 10.2. The number of benzene rings is 2. The molecule has 6 nitrogen and oxygen atoms in total. The van der Waals surface area contributed by atoms with Gasteiger partial charge >= 0.3 is 5.63 Å². The van der Waals surface area contributed by atoms with Crippen LogP contribution in [-0.4, -0.2) is 13.0 Å². The minimum atomic E-state index is -0.617. The molecule has 3 aromatic rings. The van der Waals surface area contributed by atoms with Gasteiger partial charge in [-0.1, -0.05) is 12.1 Å². The number of amides is 1. The van der Waals surface area contributed by atoms with E-state index in [1.165, 1.54) is 13.2 Å². The Bertz CT molecular complexity index is 1030. The number of carbonyl (C=O) groups excluding carboxylic acids is 1. The molecule has 6 heteroatoms.